The van der Waals surface area contributed by atoms with Gasteiger partial charge in [0.25, 0.3) is 0 Å². The number of nitrogens with one attached hydrogen (secondary N) is 1. The topological polar surface area (TPSA) is 89.5 Å². The van der Waals surface area contributed by atoms with Crippen molar-refractivity contribution in [2.45, 2.75) is 6.42 Å². The van der Waals surface area contributed by atoms with E-state index in [0.29, 0.717) is 17.2 Å². The van der Waals surface area contributed by atoms with Crippen LogP contribution >= 0.6 is 23.4 Å². The lowest BCUT2D eigenvalue weighted by Gasteiger charge is -2.25. The number of hydrogen-bond donors (Lipinski definition) is 2. The number of rotatable bonds is 5. The predicted molar refractivity (Wildman–Crippen MR) is 94.3 cm³/mol. The molecular weight excluding hydrogens is 369 g/mol. The van der Waals surface area contributed by atoms with Crippen molar-refractivity contribution in [3.05, 3.63) is 40.4 Å². The quantitative estimate of drug-likeness (QED) is 0.464. The van der Waals surface area contributed by atoms with E-state index in [0.717, 1.165) is 37.2 Å². The first-order chi connectivity index (χ1) is 12.1. The zero-order valence-corrected chi connectivity index (χ0v) is 14.9. The Morgan fingerprint density at radius 3 is 2.88 bits per heavy atom. The van der Waals surface area contributed by atoms with Crippen LogP contribution in [0.5, 0.6) is 0 Å². The van der Waals surface area contributed by atoms with Gasteiger partial charge in [0.2, 0.25) is 0 Å². The van der Waals surface area contributed by atoms with Gasteiger partial charge in [0.15, 0.2) is 11.5 Å². The number of amidine groups is 1. The molecule has 1 aliphatic rings. The van der Waals surface area contributed by atoms with Crippen LogP contribution in [0.3, 0.4) is 0 Å². The van der Waals surface area contributed by atoms with E-state index < -0.39 is 5.82 Å². The average Bonchev–Trinajstić information content (AvgIpc) is 3.10. The third kappa shape index (κ3) is 4.30. The number of nitrogens with zero attached hydrogens (tertiary/aromatic N) is 4. The molecule has 1 fully saturated rings. The monoisotopic (exact) mass is 385 g/mol. The smallest absolute Gasteiger partial charge is 0.181 e. The predicted octanol–water partition coefficient (Wildman–Crippen LogP) is 2.67. The molecular formula is C15H17ClFN5O2S. The van der Waals surface area contributed by atoms with Gasteiger partial charge in [0.05, 0.1) is 10.7 Å². The minimum atomic E-state index is -0.603. The molecule has 2 heterocycles. The lowest BCUT2D eigenvalue weighted by molar-refractivity contribution is 0.288. The van der Waals surface area contributed by atoms with Gasteiger partial charge in [-0.15, -0.1) is 0 Å². The van der Waals surface area contributed by atoms with Crippen LogP contribution in [0.15, 0.2) is 22.8 Å². The molecule has 25 heavy (non-hydrogen) atoms. The number of benzene rings is 1. The first-order valence-electron chi connectivity index (χ1n) is 7.71. The van der Waals surface area contributed by atoms with E-state index in [4.69, 9.17) is 21.6 Å². The van der Waals surface area contributed by atoms with E-state index in [9.17, 15) is 9.60 Å². The summed E-state index contributed by atoms with van der Waals surface area (Å²) in [5.74, 6) is 1.30. The summed E-state index contributed by atoms with van der Waals surface area (Å²) in [7, 11) is 0. The molecule has 0 unspecified atom stereocenters. The maximum Gasteiger partial charge on any atom is 0.181 e. The maximum absolute atomic E-state index is 13.2. The SMILES string of the molecule is N=C(c1nonc1CCN1CCSCC1)N(O)c1ccc(F)c(Cl)c1. The number of thioether (sulfide) groups is 1. The van der Waals surface area contributed by atoms with Gasteiger partial charge >= 0.3 is 0 Å². The fraction of sp³-hybridized carbons (Fsp3) is 0.400. The number of anilines is 1. The minimum absolute atomic E-state index is 0.147. The van der Waals surface area contributed by atoms with E-state index in [1.165, 1.54) is 12.1 Å². The van der Waals surface area contributed by atoms with Gasteiger partial charge in [0.1, 0.15) is 11.5 Å². The van der Waals surface area contributed by atoms with Crippen LogP contribution in [0, 0.1) is 11.2 Å². The summed E-state index contributed by atoms with van der Waals surface area (Å²) >= 11 is 7.65. The molecule has 0 amide bonds. The molecule has 0 aliphatic carbocycles. The highest BCUT2D eigenvalue weighted by Gasteiger charge is 2.22. The zero-order valence-electron chi connectivity index (χ0n) is 13.3. The Labute approximate surface area is 153 Å². The molecule has 3 rings (SSSR count). The molecule has 1 aliphatic heterocycles. The van der Waals surface area contributed by atoms with Crippen LogP contribution in [-0.4, -0.2) is 57.4 Å². The van der Waals surface area contributed by atoms with Crippen LogP contribution in [0.2, 0.25) is 5.02 Å². The summed E-state index contributed by atoms with van der Waals surface area (Å²) in [6.07, 6.45) is 0.559. The molecule has 1 saturated heterocycles. The Kier molecular flexibility index (Phi) is 5.89. The molecule has 1 aromatic carbocycles. The lowest BCUT2D eigenvalue weighted by atomic mass is 10.2. The second-order valence-electron chi connectivity index (χ2n) is 5.52. The number of aromatic nitrogens is 2. The molecule has 0 radical (unpaired) electrons. The summed E-state index contributed by atoms with van der Waals surface area (Å²) in [5.41, 5.74) is 0.795. The van der Waals surface area contributed by atoms with Gasteiger partial charge in [0, 0.05) is 37.6 Å². The lowest BCUT2D eigenvalue weighted by Crippen LogP contribution is -2.34. The summed E-state index contributed by atoms with van der Waals surface area (Å²) in [4.78, 5) is 2.31. The standard InChI is InChI=1S/C15H17ClFN5O2S/c16-11-9-10(1-2-12(11)17)22(23)15(18)14-13(19-24-20-14)3-4-21-5-7-25-8-6-21/h1-2,9,18,23H,3-8H2. The van der Waals surface area contributed by atoms with Crippen LogP contribution in [-0.2, 0) is 6.42 Å². The first-order valence-corrected chi connectivity index (χ1v) is 9.24. The van der Waals surface area contributed by atoms with Crippen LogP contribution in [0.1, 0.15) is 11.4 Å². The molecule has 134 valence electrons. The van der Waals surface area contributed by atoms with Gasteiger partial charge in [-0.05, 0) is 23.4 Å². The molecule has 1 aromatic heterocycles. The Morgan fingerprint density at radius 2 is 2.16 bits per heavy atom. The number of hydrogen-bond acceptors (Lipinski definition) is 7. The molecule has 2 aromatic rings. The second kappa shape index (κ2) is 8.13. The van der Waals surface area contributed by atoms with Crippen molar-refractivity contribution in [1.29, 1.82) is 5.41 Å². The Hall–Kier alpha value is -1.68. The average molecular weight is 386 g/mol. The summed E-state index contributed by atoms with van der Waals surface area (Å²) in [5, 5.41) is 26.4. The molecule has 0 saturated carbocycles. The Balaban J connectivity index is 1.69. The van der Waals surface area contributed by atoms with Crippen molar-refractivity contribution in [3.63, 3.8) is 0 Å². The van der Waals surface area contributed by atoms with Crippen molar-refractivity contribution in [1.82, 2.24) is 15.2 Å². The summed E-state index contributed by atoms with van der Waals surface area (Å²) in [6, 6.07) is 3.66. The van der Waals surface area contributed by atoms with E-state index >= 15 is 0 Å². The largest absolute Gasteiger partial charge is 0.301 e. The van der Waals surface area contributed by atoms with Crippen molar-refractivity contribution < 1.29 is 14.2 Å². The molecule has 0 spiro atoms. The first kappa shape index (κ1) is 18.1. The molecule has 0 atom stereocenters. The van der Waals surface area contributed by atoms with Gasteiger partial charge < -0.3 is 4.90 Å². The van der Waals surface area contributed by atoms with Gasteiger partial charge in [-0.2, -0.15) is 11.8 Å². The third-order valence-corrected chi connectivity index (χ3v) is 5.14. The fourth-order valence-corrected chi connectivity index (χ4v) is 3.64. The van der Waals surface area contributed by atoms with Crippen molar-refractivity contribution in [2.24, 2.45) is 0 Å². The Bertz CT molecular complexity index is 753. The molecule has 2 N–H and O–H groups in total. The fourth-order valence-electron chi connectivity index (χ4n) is 2.49. The van der Waals surface area contributed by atoms with Gasteiger partial charge in [-0.25, -0.2) is 14.1 Å². The van der Waals surface area contributed by atoms with Crippen molar-refractivity contribution in [2.75, 3.05) is 36.2 Å². The molecule has 10 heteroatoms. The van der Waals surface area contributed by atoms with Crippen molar-refractivity contribution in [3.8, 4) is 0 Å². The summed E-state index contributed by atoms with van der Waals surface area (Å²) < 4.78 is 18.0. The second-order valence-corrected chi connectivity index (χ2v) is 7.15. The van der Waals surface area contributed by atoms with Crippen LogP contribution in [0.25, 0.3) is 0 Å². The van der Waals surface area contributed by atoms with E-state index in [1.807, 2.05) is 11.8 Å². The van der Waals surface area contributed by atoms with Crippen LogP contribution < -0.4 is 5.06 Å². The van der Waals surface area contributed by atoms with Crippen LogP contribution in [0.4, 0.5) is 10.1 Å². The number of halogens is 2. The number of hydroxylamine groups is 1. The maximum atomic E-state index is 13.2. The zero-order chi connectivity index (χ0) is 17.8. The molecule has 0 bridgehead atoms. The highest BCUT2D eigenvalue weighted by molar-refractivity contribution is 7.99. The van der Waals surface area contributed by atoms with E-state index in [1.54, 1.807) is 0 Å². The Morgan fingerprint density at radius 1 is 1.40 bits per heavy atom. The normalized spacial score (nSPS) is 15.3. The minimum Gasteiger partial charge on any atom is -0.301 e. The van der Waals surface area contributed by atoms with E-state index in [2.05, 4.69) is 15.2 Å². The highest BCUT2D eigenvalue weighted by Crippen LogP contribution is 2.23. The van der Waals surface area contributed by atoms with Gasteiger partial charge in [-0.3, -0.25) is 10.6 Å². The molecule has 7 nitrogen and oxygen atoms in total. The summed E-state index contributed by atoms with van der Waals surface area (Å²) in [6.45, 7) is 2.81. The van der Waals surface area contributed by atoms with Crippen molar-refractivity contribution >= 4 is 34.9 Å². The highest BCUT2D eigenvalue weighted by atomic mass is 35.5. The third-order valence-electron chi connectivity index (χ3n) is 3.91. The van der Waals surface area contributed by atoms with E-state index in [-0.39, 0.29) is 22.2 Å². The van der Waals surface area contributed by atoms with Gasteiger partial charge in [-0.1, -0.05) is 16.8 Å².